The molecule has 0 N–H and O–H groups in total. The van der Waals surface area contributed by atoms with Gasteiger partial charge in [0.2, 0.25) is 5.91 Å². The van der Waals surface area contributed by atoms with Gasteiger partial charge >= 0.3 is 0 Å². The van der Waals surface area contributed by atoms with Gasteiger partial charge in [-0.3, -0.25) is 9.78 Å². The summed E-state index contributed by atoms with van der Waals surface area (Å²) in [5.41, 5.74) is 1.21. The zero-order valence-electron chi connectivity index (χ0n) is 13.5. The van der Waals surface area contributed by atoms with E-state index in [1.165, 1.54) is 15.6 Å². The van der Waals surface area contributed by atoms with Crippen molar-refractivity contribution in [2.24, 2.45) is 0 Å². The van der Waals surface area contributed by atoms with E-state index in [1.54, 1.807) is 35.5 Å². The maximum absolute atomic E-state index is 12.6. The summed E-state index contributed by atoms with van der Waals surface area (Å²) in [4.78, 5) is 25.6. The van der Waals surface area contributed by atoms with E-state index >= 15 is 0 Å². The smallest absolute Gasteiger partial charge is 0.233 e. The molecule has 122 valence electrons. The predicted molar refractivity (Wildman–Crippen MR) is 94.9 cm³/mol. The van der Waals surface area contributed by atoms with Crippen LogP contribution < -0.4 is 0 Å². The maximum atomic E-state index is 12.6. The molecule has 0 bridgehead atoms. The monoisotopic (exact) mass is 347 g/mol. The highest BCUT2D eigenvalue weighted by atomic mass is 32.2. The van der Waals surface area contributed by atoms with Gasteiger partial charge in [-0.05, 0) is 37.8 Å². The summed E-state index contributed by atoms with van der Waals surface area (Å²) in [6.45, 7) is 2.14. The molecule has 0 fully saturated rings. The fraction of sp³-hybridized carbons (Fsp3) is 0.471. The molecule has 0 aromatic carbocycles. The van der Waals surface area contributed by atoms with Crippen molar-refractivity contribution in [1.82, 2.24) is 14.9 Å². The number of hydrogen-bond donors (Lipinski definition) is 0. The molecule has 1 atom stereocenters. The molecule has 0 aliphatic heterocycles. The minimum Gasteiger partial charge on any atom is -0.337 e. The van der Waals surface area contributed by atoms with Crippen molar-refractivity contribution < 1.29 is 4.79 Å². The Morgan fingerprint density at radius 1 is 1.43 bits per heavy atom. The number of carbonyl (C=O) groups is 1. The number of rotatable bonds is 5. The van der Waals surface area contributed by atoms with E-state index in [2.05, 4.69) is 11.9 Å². The number of hydrogen-bond acceptors (Lipinski definition) is 5. The van der Waals surface area contributed by atoms with E-state index in [-0.39, 0.29) is 11.9 Å². The summed E-state index contributed by atoms with van der Waals surface area (Å²) in [5, 5.41) is 1.19. The van der Waals surface area contributed by atoms with Gasteiger partial charge in [0.05, 0.1) is 27.4 Å². The van der Waals surface area contributed by atoms with Crippen LogP contribution >= 0.6 is 23.1 Å². The molecular formula is C17H21N3OS2. The fourth-order valence-corrected chi connectivity index (χ4v) is 4.86. The molecule has 0 radical (unpaired) electrons. The van der Waals surface area contributed by atoms with Gasteiger partial charge in [-0.15, -0.1) is 23.1 Å². The number of amides is 1. The van der Waals surface area contributed by atoms with Crippen LogP contribution in [-0.4, -0.2) is 33.6 Å². The van der Waals surface area contributed by atoms with E-state index in [9.17, 15) is 4.79 Å². The van der Waals surface area contributed by atoms with E-state index < -0.39 is 0 Å². The second-order valence-electron chi connectivity index (χ2n) is 5.66. The number of thiazole rings is 1. The van der Waals surface area contributed by atoms with Gasteiger partial charge in [-0.2, -0.15) is 0 Å². The van der Waals surface area contributed by atoms with Crippen LogP contribution in [0.1, 0.15) is 41.4 Å². The topological polar surface area (TPSA) is 46.1 Å². The van der Waals surface area contributed by atoms with Gasteiger partial charge in [0.25, 0.3) is 0 Å². The standard InChI is InChI=1S/C17H21N3OS2/c1-3-15-19-13-5-4-6-14(17(13)23-15)20(2)16(21)11-22-12-7-9-18-10-8-12/h7-10,14H,3-6,11H2,1-2H3/t14-/m0/s1. The lowest BCUT2D eigenvalue weighted by Crippen LogP contribution is -2.33. The number of carbonyl (C=O) groups excluding carboxylic acids is 1. The van der Waals surface area contributed by atoms with E-state index in [0.717, 1.165) is 30.6 Å². The molecule has 2 heterocycles. The van der Waals surface area contributed by atoms with Crippen LogP contribution in [-0.2, 0) is 17.6 Å². The summed E-state index contributed by atoms with van der Waals surface area (Å²) in [6.07, 6.45) is 7.69. The first kappa shape index (κ1) is 16.5. The highest BCUT2D eigenvalue weighted by Gasteiger charge is 2.29. The molecule has 0 unspecified atom stereocenters. The lowest BCUT2D eigenvalue weighted by Gasteiger charge is -2.30. The number of pyridine rings is 1. The van der Waals surface area contributed by atoms with Crippen LogP contribution in [0.4, 0.5) is 0 Å². The molecule has 1 aliphatic rings. The number of thioether (sulfide) groups is 1. The molecule has 23 heavy (non-hydrogen) atoms. The van der Waals surface area contributed by atoms with Gasteiger partial charge < -0.3 is 4.90 Å². The summed E-state index contributed by atoms with van der Waals surface area (Å²) in [5.74, 6) is 0.641. The predicted octanol–water partition coefficient (Wildman–Crippen LogP) is 3.73. The first-order valence-electron chi connectivity index (χ1n) is 7.96. The lowest BCUT2D eigenvalue weighted by atomic mass is 9.97. The van der Waals surface area contributed by atoms with E-state index in [0.29, 0.717) is 5.75 Å². The summed E-state index contributed by atoms with van der Waals surface area (Å²) < 4.78 is 0. The second-order valence-corrected chi connectivity index (χ2v) is 7.82. The van der Waals surface area contributed by atoms with Gasteiger partial charge in [0.1, 0.15) is 0 Å². The van der Waals surface area contributed by atoms with Gasteiger partial charge in [0.15, 0.2) is 0 Å². The Labute approximate surface area is 145 Å². The van der Waals surface area contributed by atoms with Crippen molar-refractivity contribution in [3.8, 4) is 0 Å². The highest BCUT2D eigenvalue weighted by molar-refractivity contribution is 8.00. The Morgan fingerprint density at radius 3 is 2.96 bits per heavy atom. The normalized spacial score (nSPS) is 16.9. The number of fused-ring (bicyclic) bond motifs is 1. The number of nitrogens with zero attached hydrogens (tertiary/aromatic N) is 3. The van der Waals surface area contributed by atoms with E-state index in [1.807, 2.05) is 24.1 Å². The molecule has 0 saturated heterocycles. The summed E-state index contributed by atoms with van der Waals surface area (Å²) >= 11 is 3.35. The van der Waals surface area contributed by atoms with Crippen LogP contribution in [0.25, 0.3) is 0 Å². The van der Waals surface area contributed by atoms with Crippen molar-refractivity contribution in [2.75, 3.05) is 12.8 Å². The SMILES string of the molecule is CCc1nc2c(s1)[C@@H](N(C)C(=O)CSc1ccncc1)CCC2. The zero-order valence-corrected chi connectivity index (χ0v) is 15.1. The van der Waals surface area contributed by atoms with Crippen molar-refractivity contribution in [3.05, 3.63) is 40.1 Å². The average molecular weight is 348 g/mol. The first-order valence-corrected chi connectivity index (χ1v) is 9.76. The molecule has 1 aliphatic carbocycles. The molecule has 1 amide bonds. The summed E-state index contributed by atoms with van der Waals surface area (Å²) in [6, 6.07) is 4.07. The first-order chi connectivity index (χ1) is 11.2. The molecule has 0 spiro atoms. The third kappa shape index (κ3) is 3.75. The highest BCUT2D eigenvalue weighted by Crippen LogP contribution is 2.38. The molecule has 6 heteroatoms. The zero-order chi connectivity index (χ0) is 16.2. The van der Waals surface area contributed by atoms with Crippen LogP contribution in [0.5, 0.6) is 0 Å². The number of aryl methyl sites for hydroxylation is 2. The Bertz CT molecular complexity index is 672. The summed E-state index contributed by atoms with van der Waals surface area (Å²) in [7, 11) is 1.93. The molecule has 0 saturated carbocycles. The van der Waals surface area contributed by atoms with Crippen molar-refractivity contribution >= 4 is 29.0 Å². The molecule has 2 aromatic rings. The van der Waals surface area contributed by atoms with Crippen LogP contribution in [0.3, 0.4) is 0 Å². The average Bonchev–Trinajstić information content (AvgIpc) is 3.03. The molecule has 4 nitrogen and oxygen atoms in total. The van der Waals surface area contributed by atoms with E-state index in [4.69, 9.17) is 4.98 Å². The van der Waals surface area contributed by atoms with Crippen LogP contribution in [0, 0.1) is 0 Å². The van der Waals surface area contributed by atoms with Gasteiger partial charge in [0, 0.05) is 24.3 Å². The Morgan fingerprint density at radius 2 is 2.22 bits per heavy atom. The third-order valence-electron chi connectivity index (χ3n) is 4.14. The van der Waals surface area contributed by atoms with Crippen LogP contribution in [0.2, 0.25) is 0 Å². The minimum absolute atomic E-state index is 0.177. The molecule has 3 rings (SSSR count). The van der Waals surface area contributed by atoms with Gasteiger partial charge in [-0.1, -0.05) is 6.92 Å². The molecular weight excluding hydrogens is 326 g/mol. The molecule has 2 aromatic heterocycles. The second kappa shape index (κ2) is 7.45. The Hall–Kier alpha value is -1.40. The fourth-order valence-electron chi connectivity index (χ4n) is 2.82. The largest absolute Gasteiger partial charge is 0.337 e. The Kier molecular flexibility index (Phi) is 5.33. The minimum atomic E-state index is 0.177. The number of aromatic nitrogens is 2. The van der Waals surface area contributed by atoms with Crippen molar-refractivity contribution in [2.45, 2.75) is 43.5 Å². The lowest BCUT2D eigenvalue weighted by molar-refractivity contribution is -0.129. The Balaban J connectivity index is 1.67. The van der Waals surface area contributed by atoms with Gasteiger partial charge in [-0.25, -0.2) is 4.98 Å². The van der Waals surface area contributed by atoms with Crippen LogP contribution in [0.15, 0.2) is 29.4 Å². The van der Waals surface area contributed by atoms with Crippen molar-refractivity contribution in [1.29, 1.82) is 0 Å². The quantitative estimate of drug-likeness (QED) is 0.773. The van der Waals surface area contributed by atoms with Crippen molar-refractivity contribution in [3.63, 3.8) is 0 Å². The maximum Gasteiger partial charge on any atom is 0.233 e. The third-order valence-corrected chi connectivity index (χ3v) is 6.48.